The van der Waals surface area contributed by atoms with Crippen LogP contribution in [-0.4, -0.2) is 16.0 Å². The highest BCUT2D eigenvalue weighted by Crippen LogP contribution is 2.29. The Morgan fingerprint density at radius 2 is 1.89 bits per heavy atom. The average Bonchev–Trinajstić information content (AvgIpc) is 3.16. The number of hydrogen-bond acceptors (Lipinski definition) is 4. The molecule has 0 aliphatic heterocycles. The minimum absolute atomic E-state index is 0.145. The van der Waals surface area contributed by atoms with Crippen molar-refractivity contribution in [2.45, 2.75) is 39.5 Å². The maximum absolute atomic E-state index is 13.0. The van der Waals surface area contributed by atoms with Crippen molar-refractivity contribution in [2.24, 2.45) is 0 Å². The molecule has 0 bridgehead atoms. The van der Waals surface area contributed by atoms with Gasteiger partial charge in [0.05, 0.1) is 0 Å². The molecule has 146 valence electrons. The molecule has 0 aliphatic carbocycles. The molecule has 3 aromatic rings. The first-order chi connectivity index (χ1) is 13.5. The minimum atomic E-state index is -0.331. The summed E-state index contributed by atoms with van der Waals surface area (Å²) in [4.78, 5) is 16.7. The van der Waals surface area contributed by atoms with Crippen LogP contribution in [0.1, 0.15) is 37.3 Å². The van der Waals surface area contributed by atoms with Gasteiger partial charge in [0.1, 0.15) is 5.82 Å². The topological polar surface area (TPSA) is 68.0 Å². The highest BCUT2D eigenvalue weighted by atomic mass is 35.5. The summed E-state index contributed by atoms with van der Waals surface area (Å²) in [5.74, 6) is 0.245. The van der Waals surface area contributed by atoms with Crippen LogP contribution < -0.4 is 5.32 Å². The van der Waals surface area contributed by atoms with E-state index >= 15 is 0 Å². The number of carbonyl (C=O) groups excluding carboxylic acids is 1. The van der Waals surface area contributed by atoms with Crippen molar-refractivity contribution in [2.75, 3.05) is 5.32 Å². The highest BCUT2D eigenvalue weighted by Gasteiger charge is 2.15. The number of rotatable bonds is 7. The molecule has 0 atom stereocenters. The Kier molecular flexibility index (Phi) is 6.41. The van der Waals surface area contributed by atoms with Crippen LogP contribution in [0.15, 0.2) is 40.9 Å². The van der Waals surface area contributed by atoms with E-state index in [0.717, 1.165) is 29.7 Å². The van der Waals surface area contributed by atoms with Crippen molar-refractivity contribution in [1.82, 2.24) is 10.1 Å². The van der Waals surface area contributed by atoms with Crippen molar-refractivity contribution in [1.29, 1.82) is 0 Å². The van der Waals surface area contributed by atoms with Crippen LogP contribution in [-0.2, 0) is 24.1 Å². The Bertz CT molecular complexity index is 970. The molecule has 0 radical (unpaired) electrons. The predicted octanol–water partition coefficient (Wildman–Crippen LogP) is 5.23. The first-order valence-corrected chi connectivity index (χ1v) is 9.58. The Morgan fingerprint density at radius 3 is 2.57 bits per heavy atom. The van der Waals surface area contributed by atoms with Gasteiger partial charge in [0.15, 0.2) is 0 Å². The van der Waals surface area contributed by atoms with Crippen molar-refractivity contribution in [3.8, 4) is 11.4 Å². The summed E-state index contributed by atoms with van der Waals surface area (Å²) in [6.07, 6.45) is 2.03. The van der Waals surface area contributed by atoms with Gasteiger partial charge in [-0.2, -0.15) is 4.98 Å². The van der Waals surface area contributed by atoms with Gasteiger partial charge in [0, 0.05) is 29.1 Å². The van der Waals surface area contributed by atoms with Gasteiger partial charge in [-0.15, -0.1) is 0 Å². The summed E-state index contributed by atoms with van der Waals surface area (Å²) < 4.78 is 18.2. The summed E-state index contributed by atoms with van der Waals surface area (Å²) in [7, 11) is 0. The number of aromatic nitrogens is 2. The first kappa shape index (κ1) is 20.0. The Labute approximate surface area is 167 Å². The lowest BCUT2D eigenvalue weighted by Gasteiger charge is -2.15. The third kappa shape index (κ3) is 4.57. The second-order valence-electron chi connectivity index (χ2n) is 6.33. The molecule has 3 rings (SSSR count). The van der Waals surface area contributed by atoms with Crippen molar-refractivity contribution >= 4 is 23.2 Å². The average molecular weight is 402 g/mol. The lowest BCUT2D eigenvalue weighted by atomic mass is 10.0. The van der Waals surface area contributed by atoms with E-state index in [0.29, 0.717) is 28.7 Å². The van der Waals surface area contributed by atoms with Gasteiger partial charge >= 0.3 is 0 Å². The zero-order valence-corrected chi connectivity index (χ0v) is 16.5. The lowest BCUT2D eigenvalue weighted by Crippen LogP contribution is -2.15. The fourth-order valence-corrected chi connectivity index (χ4v) is 3.25. The van der Waals surface area contributed by atoms with E-state index in [2.05, 4.69) is 15.5 Å². The van der Waals surface area contributed by atoms with Crippen LogP contribution >= 0.6 is 11.6 Å². The second-order valence-corrected chi connectivity index (χ2v) is 6.74. The van der Waals surface area contributed by atoms with Crippen LogP contribution in [0, 0.1) is 5.82 Å². The van der Waals surface area contributed by atoms with E-state index in [1.165, 1.54) is 12.1 Å². The molecule has 0 saturated heterocycles. The molecule has 1 heterocycles. The molecule has 1 amide bonds. The Morgan fingerprint density at radius 1 is 1.14 bits per heavy atom. The predicted molar refractivity (Wildman–Crippen MR) is 107 cm³/mol. The van der Waals surface area contributed by atoms with Crippen LogP contribution in [0.5, 0.6) is 0 Å². The minimum Gasteiger partial charge on any atom is -0.339 e. The standard InChI is InChI=1S/C21H21ClFN3O2/c1-3-13-7-10-17(22)16(4-2)20(13)24-18(27)11-12-19-25-21(26-28-19)14-5-8-15(23)9-6-14/h5-10H,3-4,11-12H2,1-2H3,(H,24,27). The van der Waals surface area contributed by atoms with E-state index in [9.17, 15) is 9.18 Å². The fourth-order valence-electron chi connectivity index (χ4n) is 2.96. The lowest BCUT2D eigenvalue weighted by molar-refractivity contribution is -0.116. The maximum Gasteiger partial charge on any atom is 0.227 e. The molecule has 1 N–H and O–H groups in total. The van der Waals surface area contributed by atoms with Gasteiger partial charge in [-0.25, -0.2) is 4.39 Å². The summed E-state index contributed by atoms with van der Waals surface area (Å²) in [6, 6.07) is 9.62. The zero-order valence-electron chi connectivity index (χ0n) is 15.8. The van der Waals surface area contributed by atoms with Crippen LogP contribution in [0.3, 0.4) is 0 Å². The quantitative estimate of drug-likeness (QED) is 0.589. The number of amides is 1. The molecule has 28 heavy (non-hydrogen) atoms. The van der Waals surface area contributed by atoms with Gasteiger partial charge < -0.3 is 9.84 Å². The van der Waals surface area contributed by atoms with E-state index in [-0.39, 0.29) is 18.1 Å². The molecular formula is C21H21ClFN3O2. The number of nitrogens with zero attached hydrogens (tertiary/aromatic N) is 2. The molecule has 0 fully saturated rings. The Hall–Kier alpha value is -2.73. The third-order valence-corrected chi connectivity index (χ3v) is 4.83. The van der Waals surface area contributed by atoms with Crippen LogP contribution in [0.25, 0.3) is 11.4 Å². The number of nitrogens with one attached hydrogen (secondary N) is 1. The van der Waals surface area contributed by atoms with E-state index < -0.39 is 0 Å². The monoisotopic (exact) mass is 401 g/mol. The Balaban J connectivity index is 1.66. The third-order valence-electron chi connectivity index (χ3n) is 4.48. The van der Waals surface area contributed by atoms with Crippen molar-refractivity contribution < 1.29 is 13.7 Å². The number of hydrogen-bond donors (Lipinski definition) is 1. The van der Waals surface area contributed by atoms with Gasteiger partial charge in [-0.3, -0.25) is 4.79 Å². The van der Waals surface area contributed by atoms with Gasteiger partial charge in [-0.1, -0.05) is 36.7 Å². The first-order valence-electron chi connectivity index (χ1n) is 9.20. The summed E-state index contributed by atoms with van der Waals surface area (Å²) >= 11 is 6.28. The molecule has 1 aromatic heterocycles. The van der Waals surface area contributed by atoms with Gasteiger partial charge in [-0.05, 0) is 54.3 Å². The fraction of sp³-hybridized carbons (Fsp3) is 0.286. The molecule has 7 heteroatoms. The number of benzene rings is 2. The normalized spacial score (nSPS) is 10.9. The highest BCUT2D eigenvalue weighted by molar-refractivity contribution is 6.32. The zero-order chi connectivity index (χ0) is 20.1. The van der Waals surface area contributed by atoms with Crippen molar-refractivity contribution in [3.63, 3.8) is 0 Å². The SMILES string of the molecule is CCc1ccc(Cl)c(CC)c1NC(=O)CCc1nc(-c2ccc(F)cc2)no1. The second kappa shape index (κ2) is 8.97. The molecule has 2 aromatic carbocycles. The molecular weight excluding hydrogens is 381 g/mol. The smallest absolute Gasteiger partial charge is 0.227 e. The number of aryl methyl sites for hydroxylation is 2. The van der Waals surface area contributed by atoms with Gasteiger partial charge in [0.2, 0.25) is 17.6 Å². The molecule has 0 spiro atoms. The van der Waals surface area contributed by atoms with Crippen LogP contribution in [0.4, 0.5) is 10.1 Å². The molecule has 0 unspecified atom stereocenters. The summed E-state index contributed by atoms with van der Waals surface area (Å²) in [5.41, 5.74) is 3.43. The van der Waals surface area contributed by atoms with Crippen molar-refractivity contribution in [3.05, 3.63) is 64.3 Å². The molecule has 0 saturated carbocycles. The number of anilines is 1. The summed E-state index contributed by atoms with van der Waals surface area (Å²) in [6.45, 7) is 4.04. The molecule has 0 aliphatic rings. The largest absolute Gasteiger partial charge is 0.339 e. The number of halogens is 2. The van der Waals surface area contributed by atoms with E-state index in [4.69, 9.17) is 16.1 Å². The van der Waals surface area contributed by atoms with Crippen LogP contribution in [0.2, 0.25) is 5.02 Å². The maximum atomic E-state index is 13.0. The molecule has 5 nitrogen and oxygen atoms in total. The number of carbonyl (C=O) groups is 1. The van der Waals surface area contributed by atoms with E-state index in [1.54, 1.807) is 12.1 Å². The van der Waals surface area contributed by atoms with E-state index in [1.807, 2.05) is 26.0 Å². The van der Waals surface area contributed by atoms with Gasteiger partial charge in [0.25, 0.3) is 0 Å². The summed E-state index contributed by atoms with van der Waals surface area (Å²) in [5, 5.41) is 7.52.